The number of carbonyl (C=O) groups is 2. The Morgan fingerprint density at radius 2 is 1.63 bits per heavy atom. The summed E-state index contributed by atoms with van der Waals surface area (Å²) in [4.78, 5) is 27.5. The lowest BCUT2D eigenvalue weighted by Gasteiger charge is -2.54. The van der Waals surface area contributed by atoms with Crippen molar-refractivity contribution in [1.82, 2.24) is 0 Å². The topological polar surface area (TPSA) is 173 Å². The fourth-order valence-electron chi connectivity index (χ4n) is 11.0. The highest BCUT2D eigenvalue weighted by molar-refractivity contribution is 7.86. The molecular formula is C46H76O13S. The van der Waals surface area contributed by atoms with E-state index < -0.39 is 87.1 Å². The Balaban J connectivity index is 1.36. The fourth-order valence-corrected chi connectivity index (χ4v) is 11.6. The summed E-state index contributed by atoms with van der Waals surface area (Å²) in [5.74, 6) is -5.74. The maximum atomic E-state index is 14.7. The van der Waals surface area contributed by atoms with Gasteiger partial charge in [-0.25, -0.2) is 0 Å². The van der Waals surface area contributed by atoms with E-state index in [-0.39, 0.29) is 54.7 Å². The maximum absolute atomic E-state index is 14.7. The van der Waals surface area contributed by atoms with Crippen LogP contribution in [0.4, 0.5) is 0 Å². The second kappa shape index (κ2) is 19.2. The van der Waals surface area contributed by atoms with Crippen LogP contribution in [0.5, 0.6) is 0 Å². The zero-order valence-corrected chi connectivity index (χ0v) is 38.9. The molecule has 344 valence electrons. The largest absolute Gasteiger partial charge is 0.461 e. The molecule has 4 saturated heterocycles. The molecule has 5 aliphatic heterocycles. The molecule has 0 aromatic rings. The monoisotopic (exact) mass is 869 g/mol. The molecule has 0 amide bonds. The number of carbonyl (C=O) groups excluding carboxylic acids is 2. The van der Waals surface area contributed by atoms with Gasteiger partial charge in [-0.1, -0.05) is 68.0 Å². The molecule has 5 heterocycles. The molecule has 5 aliphatic rings. The summed E-state index contributed by atoms with van der Waals surface area (Å²) < 4.78 is 70.4. The first-order valence-electron chi connectivity index (χ1n) is 22.7. The Bertz CT molecular complexity index is 1650. The standard InChI is InChI=1S/C46H76O13S/c1-13-25-53-42(49)33(14-2)35-18-17-27(5)40(55-35)31(9)38(47)30(8)39(48)34(15-3)41-28(6)26-29(7)45(56-41)22-20-37(57-60(12,51)52)46(59-45)24-23-43(11,58-46)36-19-21-44(50,16-4)32(10)54-36/h13,20,22,27-38,40-41,47,50H,1,14-19,21,23-26H2,2-12H3/t27-,28-,29+,30-,31-,32-,33+,34-,35+,36+,37+,38+,40+,41-,43-,44+,45-,46-/m0/s1. The first-order chi connectivity index (χ1) is 28.0. The molecule has 4 fully saturated rings. The van der Waals surface area contributed by atoms with Crippen molar-refractivity contribution >= 4 is 21.9 Å². The van der Waals surface area contributed by atoms with Crippen LogP contribution in [0.25, 0.3) is 0 Å². The van der Waals surface area contributed by atoms with Gasteiger partial charge in [0.15, 0.2) is 5.79 Å². The second-order valence-corrected chi connectivity index (χ2v) is 20.9. The van der Waals surface area contributed by atoms with Crippen LogP contribution in [0.15, 0.2) is 24.8 Å². The fraction of sp³-hybridized carbons (Fsp3) is 0.870. The number of hydrogen-bond acceptors (Lipinski definition) is 13. The first kappa shape index (κ1) is 49.3. The molecule has 60 heavy (non-hydrogen) atoms. The summed E-state index contributed by atoms with van der Waals surface area (Å²) in [6.45, 7) is 23.3. The average Bonchev–Trinajstić information content (AvgIpc) is 3.54. The van der Waals surface area contributed by atoms with Crippen molar-refractivity contribution in [2.24, 2.45) is 41.4 Å². The van der Waals surface area contributed by atoms with Crippen molar-refractivity contribution < 1.29 is 60.8 Å². The van der Waals surface area contributed by atoms with Crippen molar-refractivity contribution in [3.05, 3.63) is 24.8 Å². The average molecular weight is 869 g/mol. The van der Waals surface area contributed by atoms with Crippen molar-refractivity contribution in [2.75, 3.05) is 12.9 Å². The lowest BCUT2D eigenvalue weighted by molar-refractivity contribution is -0.406. The Hall–Kier alpha value is -1.75. The van der Waals surface area contributed by atoms with Crippen LogP contribution >= 0.6 is 0 Å². The van der Waals surface area contributed by atoms with Crippen LogP contribution < -0.4 is 0 Å². The number of hydrogen-bond donors (Lipinski definition) is 2. The minimum Gasteiger partial charge on any atom is -0.461 e. The summed E-state index contributed by atoms with van der Waals surface area (Å²) >= 11 is 0. The van der Waals surface area contributed by atoms with E-state index in [0.717, 1.165) is 12.7 Å². The van der Waals surface area contributed by atoms with Gasteiger partial charge in [-0.2, -0.15) is 8.42 Å². The number of esters is 1. The highest BCUT2D eigenvalue weighted by Crippen LogP contribution is 2.55. The van der Waals surface area contributed by atoms with Crippen LogP contribution in [0.2, 0.25) is 0 Å². The smallest absolute Gasteiger partial charge is 0.311 e. The summed E-state index contributed by atoms with van der Waals surface area (Å²) in [6, 6.07) is 0. The van der Waals surface area contributed by atoms with E-state index in [4.69, 9.17) is 32.6 Å². The van der Waals surface area contributed by atoms with E-state index in [0.29, 0.717) is 51.4 Å². The van der Waals surface area contributed by atoms with Gasteiger partial charge in [0.1, 0.15) is 18.5 Å². The van der Waals surface area contributed by atoms with Crippen molar-refractivity contribution in [3.8, 4) is 0 Å². The minimum atomic E-state index is -3.95. The maximum Gasteiger partial charge on any atom is 0.311 e. The van der Waals surface area contributed by atoms with Crippen molar-refractivity contribution in [1.29, 1.82) is 0 Å². The normalized spacial score (nSPS) is 42.3. The zero-order chi connectivity index (χ0) is 44.6. The van der Waals surface area contributed by atoms with Crippen LogP contribution in [-0.2, 0) is 52.3 Å². The third kappa shape index (κ3) is 9.97. The van der Waals surface area contributed by atoms with Gasteiger partial charge < -0.3 is 38.6 Å². The molecular weight excluding hydrogens is 793 g/mol. The molecule has 0 bridgehead atoms. The van der Waals surface area contributed by atoms with Gasteiger partial charge >= 0.3 is 5.97 Å². The molecule has 14 heteroatoms. The van der Waals surface area contributed by atoms with Crippen LogP contribution in [-0.4, -0.2) is 109 Å². The molecule has 0 unspecified atom stereocenters. The highest BCUT2D eigenvalue weighted by atomic mass is 32.2. The summed E-state index contributed by atoms with van der Waals surface area (Å²) in [7, 11) is -3.95. The molecule has 0 aliphatic carbocycles. The molecule has 13 nitrogen and oxygen atoms in total. The van der Waals surface area contributed by atoms with Gasteiger partial charge in [0, 0.05) is 30.1 Å². The van der Waals surface area contributed by atoms with Crippen LogP contribution in [0.3, 0.4) is 0 Å². The van der Waals surface area contributed by atoms with Crippen molar-refractivity contribution in [2.45, 2.75) is 199 Å². The lowest BCUT2D eigenvalue weighted by Crippen LogP contribution is -2.63. The number of aliphatic hydroxyl groups excluding tert-OH is 1. The predicted molar refractivity (Wildman–Crippen MR) is 226 cm³/mol. The molecule has 0 aromatic carbocycles. The van der Waals surface area contributed by atoms with E-state index in [1.54, 1.807) is 25.2 Å². The number of aliphatic hydroxyl groups is 2. The predicted octanol–water partition coefficient (Wildman–Crippen LogP) is 6.82. The van der Waals surface area contributed by atoms with E-state index in [2.05, 4.69) is 20.4 Å². The molecule has 5 rings (SSSR count). The number of Topliss-reactive ketones (excluding diaryl/α,β-unsaturated/α-hetero) is 1. The summed E-state index contributed by atoms with van der Waals surface area (Å²) in [6.07, 6.45) is 7.20. The molecule has 2 N–H and O–H groups in total. The summed E-state index contributed by atoms with van der Waals surface area (Å²) in [5, 5.41) is 23.0. The van der Waals surface area contributed by atoms with Crippen LogP contribution in [0, 0.1) is 41.4 Å². The minimum absolute atomic E-state index is 0.0577. The summed E-state index contributed by atoms with van der Waals surface area (Å²) in [5.41, 5.74) is -1.84. The number of rotatable bonds is 16. The Kier molecular flexibility index (Phi) is 15.7. The Labute approximate surface area is 359 Å². The van der Waals surface area contributed by atoms with Crippen LogP contribution in [0.1, 0.15) is 133 Å². The number of ketones is 1. The van der Waals surface area contributed by atoms with E-state index in [1.165, 1.54) is 0 Å². The van der Waals surface area contributed by atoms with Gasteiger partial charge in [0.2, 0.25) is 5.79 Å². The van der Waals surface area contributed by atoms with Gasteiger partial charge in [0.25, 0.3) is 10.1 Å². The Morgan fingerprint density at radius 1 is 0.950 bits per heavy atom. The van der Waals surface area contributed by atoms with E-state index in [9.17, 15) is 28.2 Å². The zero-order valence-electron chi connectivity index (χ0n) is 38.1. The van der Waals surface area contributed by atoms with Gasteiger partial charge in [-0.05, 0) is 95.6 Å². The van der Waals surface area contributed by atoms with Crippen molar-refractivity contribution in [3.63, 3.8) is 0 Å². The van der Waals surface area contributed by atoms with Gasteiger partial charge in [-0.3, -0.25) is 13.8 Å². The molecule has 2 spiro atoms. The Morgan fingerprint density at radius 3 is 2.23 bits per heavy atom. The quantitative estimate of drug-likeness (QED) is 0.0942. The second-order valence-electron chi connectivity index (χ2n) is 19.3. The van der Waals surface area contributed by atoms with E-state index >= 15 is 0 Å². The van der Waals surface area contributed by atoms with E-state index in [1.807, 2.05) is 48.5 Å². The highest BCUT2D eigenvalue weighted by Gasteiger charge is 2.64. The van der Waals surface area contributed by atoms with Gasteiger partial charge in [-0.15, -0.1) is 0 Å². The SMILES string of the molecule is C=CCOC(=O)[C@H](CC)[C@H]1CC[C@H](C)[C@H]([C@@H](C)[C@H](O)[C@H](C)C(=O)[C@H](CC)[C@H]2O[C@]3(C=C[C@@H](OS(C)(=O)=O)[C@]4(CC[C@@](C)([C@H]5CC[C@](O)(CC)[C@H](C)O5)O4)O3)[C@H](C)C[C@@H]2C)O1. The third-order valence-electron chi connectivity index (χ3n) is 15.0. The molecule has 18 atom stereocenters. The first-order valence-corrected chi connectivity index (χ1v) is 24.5. The molecule has 0 aromatic heterocycles. The lowest BCUT2D eigenvalue weighted by atomic mass is 9.72. The molecule has 0 saturated carbocycles. The molecule has 0 radical (unpaired) electrons. The third-order valence-corrected chi connectivity index (χ3v) is 15.6. The van der Waals surface area contributed by atoms with Gasteiger partial charge in [0.05, 0.1) is 60.0 Å². The number of ether oxygens (including phenoxy) is 6.